The number of para-hydroxylation sites is 1. The van der Waals surface area contributed by atoms with E-state index in [1.165, 1.54) is 15.9 Å². The second-order valence-electron chi connectivity index (χ2n) is 7.13. The Kier molecular flexibility index (Phi) is 5.78. The Morgan fingerprint density at radius 1 is 0.567 bits per heavy atom. The maximum atomic E-state index is 4.35. The zero-order valence-electron chi connectivity index (χ0n) is 16.8. The molecular formula is C27H23BrNP. The third kappa shape index (κ3) is 3.56. The number of nitrogens with zero attached hydrogens (tertiary/aromatic N) is 1. The minimum atomic E-state index is -3.23. The zero-order chi connectivity index (χ0) is 20.9. The van der Waals surface area contributed by atoms with Crippen LogP contribution in [0.5, 0.6) is 0 Å². The zero-order valence-corrected chi connectivity index (χ0v) is 19.3. The normalized spacial score (nSPS) is 12.1. The first-order valence-corrected chi connectivity index (χ1v) is 14.1. The Bertz CT molecular complexity index is 1070. The van der Waals surface area contributed by atoms with E-state index < -0.39 is 5.31 Å². The van der Waals surface area contributed by atoms with E-state index in [9.17, 15) is 0 Å². The van der Waals surface area contributed by atoms with Gasteiger partial charge < -0.3 is 0 Å². The van der Waals surface area contributed by atoms with Crippen LogP contribution in [0.4, 0.5) is 5.69 Å². The fourth-order valence-corrected chi connectivity index (χ4v) is 9.83. The van der Waals surface area contributed by atoms with Crippen molar-refractivity contribution >= 4 is 42.4 Å². The molecule has 1 nitrogen and oxygen atoms in total. The molecule has 4 aromatic rings. The van der Waals surface area contributed by atoms with Crippen LogP contribution in [-0.2, 0) is 0 Å². The van der Waals surface area contributed by atoms with Crippen LogP contribution < -0.4 is 20.8 Å². The molecule has 0 aliphatic rings. The van der Waals surface area contributed by atoms with Gasteiger partial charge >= 0.3 is 187 Å². The second kappa shape index (κ2) is 8.49. The maximum absolute atomic E-state index is 4.35. The van der Waals surface area contributed by atoms with E-state index in [0.29, 0.717) is 0 Å². The molecule has 0 spiro atoms. The molecule has 0 atom stereocenters. The van der Waals surface area contributed by atoms with Crippen LogP contribution in [0.2, 0.25) is 0 Å². The Labute approximate surface area is 187 Å². The molecule has 0 heterocycles. The Morgan fingerprint density at radius 3 is 1.27 bits per heavy atom. The molecule has 0 amide bonds. The number of rotatable bonds is 4. The van der Waals surface area contributed by atoms with Crippen LogP contribution in [0.3, 0.4) is 0 Å². The SMILES string of the molecule is CN(C#CP(Br)(c1ccccc1)(c1ccccc1)c1ccccc1)c1ccccc1. The molecule has 0 aliphatic carbocycles. The number of hydrogen-bond donors (Lipinski definition) is 0. The van der Waals surface area contributed by atoms with E-state index in [0.717, 1.165) is 5.69 Å². The number of anilines is 1. The van der Waals surface area contributed by atoms with Gasteiger partial charge in [-0.15, -0.1) is 0 Å². The molecule has 0 saturated heterocycles. The molecule has 4 aromatic carbocycles. The topological polar surface area (TPSA) is 3.24 Å². The van der Waals surface area contributed by atoms with Crippen molar-refractivity contribution in [3.05, 3.63) is 121 Å². The van der Waals surface area contributed by atoms with Gasteiger partial charge in [-0.05, 0) is 0 Å². The second-order valence-corrected chi connectivity index (χ2v) is 15.2. The minimum absolute atomic E-state index is 1.07. The summed E-state index contributed by atoms with van der Waals surface area (Å²) in [4.78, 5) is 2.00. The summed E-state index contributed by atoms with van der Waals surface area (Å²) in [5, 5.41) is 0.344. The molecular weight excluding hydrogens is 449 g/mol. The molecule has 30 heavy (non-hydrogen) atoms. The molecule has 0 aromatic heterocycles. The molecule has 0 fully saturated rings. The van der Waals surface area contributed by atoms with Gasteiger partial charge in [-0.1, -0.05) is 0 Å². The van der Waals surface area contributed by atoms with Gasteiger partial charge in [0.15, 0.2) is 0 Å². The summed E-state index contributed by atoms with van der Waals surface area (Å²) in [7, 11) is 2.01. The van der Waals surface area contributed by atoms with Gasteiger partial charge in [0.1, 0.15) is 0 Å². The van der Waals surface area contributed by atoms with E-state index in [-0.39, 0.29) is 0 Å². The third-order valence-electron chi connectivity index (χ3n) is 5.29. The first-order valence-electron chi connectivity index (χ1n) is 9.85. The average molecular weight is 472 g/mol. The van der Waals surface area contributed by atoms with Crippen LogP contribution in [0.25, 0.3) is 0 Å². The molecule has 0 saturated carbocycles. The van der Waals surface area contributed by atoms with Crippen LogP contribution >= 0.6 is 20.8 Å². The van der Waals surface area contributed by atoms with E-state index >= 15 is 0 Å². The van der Waals surface area contributed by atoms with Gasteiger partial charge in [-0.3, -0.25) is 0 Å². The predicted octanol–water partition coefficient (Wildman–Crippen LogP) is 5.88. The molecule has 3 heteroatoms. The van der Waals surface area contributed by atoms with Crippen molar-refractivity contribution in [2.45, 2.75) is 0 Å². The van der Waals surface area contributed by atoms with Crippen molar-refractivity contribution in [1.82, 2.24) is 0 Å². The Morgan fingerprint density at radius 2 is 0.900 bits per heavy atom. The van der Waals surface area contributed by atoms with Crippen molar-refractivity contribution < 1.29 is 0 Å². The van der Waals surface area contributed by atoms with Gasteiger partial charge in [0, 0.05) is 0 Å². The number of halogens is 1. The van der Waals surface area contributed by atoms with Crippen LogP contribution in [0.1, 0.15) is 0 Å². The standard InChI is InChI=1S/C27H23BrNP/c1-29(24-14-6-2-7-15-24)22-23-30(28,25-16-8-3-9-17-25,26-18-10-4-11-19-26)27-20-12-5-13-21-27/h2-21H,1H3. The molecule has 0 aliphatic heterocycles. The summed E-state index contributed by atoms with van der Waals surface area (Å²) in [6.45, 7) is 0. The van der Waals surface area contributed by atoms with Gasteiger partial charge in [-0.25, -0.2) is 0 Å². The fourth-order valence-electron chi connectivity index (χ4n) is 3.65. The van der Waals surface area contributed by atoms with Crippen LogP contribution in [0, 0.1) is 11.7 Å². The molecule has 148 valence electrons. The fraction of sp³-hybridized carbons (Fsp3) is 0.0370. The van der Waals surface area contributed by atoms with Crippen LogP contribution in [0.15, 0.2) is 121 Å². The third-order valence-corrected chi connectivity index (χ3v) is 13.8. The molecule has 0 bridgehead atoms. The van der Waals surface area contributed by atoms with Gasteiger partial charge in [-0.2, -0.15) is 0 Å². The summed E-state index contributed by atoms with van der Waals surface area (Å²) < 4.78 is 0. The monoisotopic (exact) mass is 471 g/mol. The van der Waals surface area contributed by atoms with E-state index in [1.54, 1.807) is 0 Å². The number of hydrogen-bond acceptors (Lipinski definition) is 1. The van der Waals surface area contributed by atoms with Gasteiger partial charge in [0.25, 0.3) is 0 Å². The quantitative estimate of drug-likeness (QED) is 0.204. The van der Waals surface area contributed by atoms with Crippen molar-refractivity contribution in [1.29, 1.82) is 0 Å². The summed E-state index contributed by atoms with van der Waals surface area (Å²) in [5.74, 6) is 0. The molecule has 4 rings (SSSR count). The van der Waals surface area contributed by atoms with Crippen LogP contribution in [-0.4, -0.2) is 7.05 Å². The first-order chi connectivity index (χ1) is 14.6. The van der Waals surface area contributed by atoms with E-state index in [4.69, 9.17) is 0 Å². The van der Waals surface area contributed by atoms with E-state index in [1.807, 2.05) is 30.1 Å². The Balaban J connectivity index is 2.04. The summed E-state index contributed by atoms with van der Waals surface area (Å²) in [5.41, 5.74) is 4.85. The van der Waals surface area contributed by atoms with Gasteiger partial charge in [0.2, 0.25) is 0 Å². The summed E-state index contributed by atoms with van der Waals surface area (Å²) in [6, 6.07) is 45.5. The van der Waals surface area contributed by atoms with Crippen molar-refractivity contribution in [2.24, 2.45) is 0 Å². The predicted molar refractivity (Wildman–Crippen MR) is 137 cm³/mol. The average Bonchev–Trinajstić information content (AvgIpc) is 2.85. The molecule has 0 radical (unpaired) electrons. The van der Waals surface area contributed by atoms with Crippen molar-refractivity contribution in [2.75, 3.05) is 11.9 Å². The molecule has 0 N–H and O–H groups in total. The van der Waals surface area contributed by atoms with Gasteiger partial charge in [0.05, 0.1) is 0 Å². The first kappa shape index (κ1) is 20.4. The Hall–Kier alpha value is -2.85. The molecule has 0 unspecified atom stereocenters. The summed E-state index contributed by atoms with van der Waals surface area (Å²) >= 11 is 4.35. The van der Waals surface area contributed by atoms with E-state index in [2.05, 4.69) is 130 Å². The number of benzene rings is 4. The summed E-state index contributed by atoms with van der Waals surface area (Å²) in [6.07, 6.45) is 0. The van der Waals surface area contributed by atoms with Crippen molar-refractivity contribution in [3.63, 3.8) is 0 Å². The van der Waals surface area contributed by atoms with Crippen molar-refractivity contribution in [3.8, 4) is 11.7 Å².